The fourth-order valence-corrected chi connectivity index (χ4v) is 3.27. The van der Waals surface area contributed by atoms with Crippen LogP contribution in [0.5, 0.6) is 5.75 Å². The van der Waals surface area contributed by atoms with Crippen LogP contribution < -0.4 is 9.64 Å². The molecule has 0 unspecified atom stereocenters. The van der Waals surface area contributed by atoms with Gasteiger partial charge in [-0.3, -0.25) is 4.98 Å². The second kappa shape index (κ2) is 6.51. The van der Waals surface area contributed by atoms with Crippen molar-refractivity contribution in [3.8, 4) is 5.75 Å². The van der Waals surface area contributed by atoms with E-state index in [0.717, 1.165) is 60.6 Å². The number of hydrogen-bond donors (Lipinski definition) is 0. The van der Waals surface area contributed by atoms with Crippen LogP contribution in [-0.2, 0) is 0 Å². The first kappa shape index (κ1) is 15.0. The molecule has 1 saturated heterocycles. The minimum absolute atomic E-state index is 0.581. The molecule has 124 valence electrons. The SMILES string of the molecule is Cc1cnccc1OCC1CCN(c2nccc3occc23)CC1. The van der Waals surface area contributed by atoms with Gasteiger partial charge in [-0.1, -0.05) is 0 Å². The number of nitrogens with zero attached hydrogens (tertiary/aromatic N) is 3. The lowest BCUT2D eigenvalue weighted by Gasteiger charge is -2.33. The third kappa shape index (κ3) is 2.94. The first-order chi connectivity index (χ1) is 11.8. The molecule has 0 atom stereocenters. The fraction of sp³-hybridized carbons (Fsp3) is 0.368. The summed E-state index contributed by atoms with van der Waals surface area (Å²) in [5.74, 6) is 2.56. The molecular weight excluding hydrogens is 302 g/mol. The van der Waals surface area contributed by atoms with Crippen molar-refractivity contribution in [2.24, 2.45) is 5.92 Å². The second-order valence-electron chi connectivity index (χ2n) is 6.35. The summed E-state index contributed by atoms with van der Waals surface area (Å²) in [6.45, 7) is 4.80. The lowest BCUT2D eigenvalue weighted by Crippen LogP contribution is -2.36. The molecule has 1 aliphatic heterocycles. The van der Waals surface area contributed by atoms with Crippen LogP contribution in [0.25, 0.3) is 11.0 Å². The molecule has 0 radical (unpaired) electrons. The highest BCUT2D eigenvalue weighted by molar-refractivity contribution is 5.88. The van der Waals surface area contributed by atoms with Gasteiger partial charge in [-0.15, -0.1) is 0 Å². The Morgan fingerprint density at radius 1 is 1.21 bits per heavy atom. The number of aromatic nitrogens is 2. The van der Waals surface area contributed by atoms with Crippen molar-refractivity contribution in [2.45, 2.75) is 19.8 Å². The molecule has 0 N–H and O–H groups in total. The largest absolute Gasteiger partial charge is 0.493 e. The highest BCUT2D eigenvalue weighted by atomic mass is 16.5. The van der Waals surface area contributed by atoms with Crippen molar-refractivity contribution in [2.75, 3.05) is 24.6 Å². The molecule has 1 fully saturated rings. The maximum absolute atomic E-state index is 5.99. The van der Waals surface area contributed by atoms with Crippen molar-refractivity contribution in [1.29, 1.82) is 0 Å². The maximum atomic E-state index is 5.99. The van der Waals surface area contributed by atoms with Crippen LogP contribution in [-0.4, -0.2) is 29.7 Å². The molecule has 0 aromatic carbocycles. The summed E-state index contributed by atoms with van der Waals surface area (Å²) in [6.07, 6.45) is 9.40. The molecule has 3 aromatic heterocycles. The van der Waals surface area contributed by atoms with Gasteiger partial charge in [0.1, 0.15) is 17.2 Å². The van der Waals surface area contributed by atoms with Crippen molar-refractivity contribution in [3.05, 3.63) is 48.6 Å². The van der Waals surface area contributed by atoms with E-state index in [1.165, 1.54) is 0 Å². The number of anilines is 1. The zero-order valence-electron chi connectivity index (χ0n) is 13.8. The van der Waals surface area contributed by atoms with E-state index in [2.05, 4.69) is 14.9 Å². The predicted octanol–water partition coefficient (Wildman–Crippen LogP) is 3.83. The molecule has 5 heteroatoms. The zero-order valence-corrected chi connectivity index (χ0v) is 13.8. The summed E-state index contributed by atoms with van der Waals surface area (Å²) in [4.78, 5) is 11.0. The van der Waals surface area contributed by atoms with E-state index in [1.807, 2.05) is 37.5 Å². The third-order valence-electron chi connectivity index (χ3n) is 4.72. The summed E-state index contributed by atoms with van der Waals surface area (Å²) in [6, 6.07) is 5.85. The zero-order chi connectivity index (χ0) is 16.4. The number of pyridine rings is 2. The van der Waals surface area contributed by atoms with Crippen LogP contribution in [0.4, 0.5) is 5.82 Å². The number of ether oxygens (including phenoxy) is 1. The Balaban J connectivity index is 1.37. The van der Waals surface area contributed by atoms with Crippen LogP contribution in [0.1, 0.15) is 18.4 Å². The molecule has 4 rings (SSSR count). The van der Waals surface area contributed by atoms with Crippen molar-refractivity contribution in [3.63, 3.8) is 0 Å². The van der Waals surface area contributed by atoms with E-state index >= 15 is 0 Å². The number of fused-ring (bicyclic) bond motifs is 1. The van der Waals surface area contributed by atoms with Gasteiger partial charge in [0, 0.05) is 37.2 Å². The van der Waals surface area contributed by atoms with Crippen LogP contribution in [0.2, 0.25) is 0 Å². The van der Waals surface area contributed by atoms with Crippen LogP contribution in [0, 0.1) is 12.8 Å². The number of hydrogen-bond acceptors (Lipinski definition) is 5. The van der Waals surface area contributed by atoms with Gasteiger partial charge in [-0.05, 0) is 43.9 Å². The monoisotopic (exact) mass is 323 g/mol. The summed E-state index contributed by atoms with van der Waals surface area (Å²) in [7, 11) is 0. The van der Waals surface area contributed by atoms with Gasteiger partial charge in [0.05, 0.1) is 18.3 Å². The summed E-state index contributed by atoms with van der Waals surface area (Å²) < 4.78 is 11.5. The molecule has 3 aromatic rings. The quantitative estimate of drug-likeness (QED) is 0.730. The van der Waals surface area contributed by atoms with Crippen molar-refractivity contribution < 1.29 is 9.15 Å². The van der Waals surface area contributed by atoms with Gasteiger partial charge in [-0.2, -0.15) is 0 Å². The molecule has 5 nitrogen and oxygen atoms in total. The Morgan fingerprint density at radius 3 is 2.92 bits per heavy atom. The third-order valence-corrected chi connectivity index (χ3v) is 4.72. The van der Waals surface area contributed by atoms with Crippen molar-refractivity contribution >= 4 is 16.8 Å². The molecule has 0 spiro atoms. The Morgan fingerprint density at radius 2 is 2.08 bits per heavy atom. The smallest absolute Gasteiger partial charge is 0.139 e. The Kier molecular flexibility index (Phi) is 4.07. The van der Waals surface area contributed by atoms with Gasteiger partial charge >= 0.3 is 0 Å². The second-order valence-corrected chi connectivity index (χ2v) is 6.35. The molecule has 0 bridgehead atoms. The Labute approximate surface area is 141 Å². The first-order valence-electron chi connectivity index (χ1n) is 8.42. The molecule has 1 aliphatic rings. The average Bonchev–Trinajstić information content (AvgIpc) is 3.10. The number of piperidine rings is 1. The first-order valence-corrected chi connectivity index (χ1v) is 8.42. The highest BCUT2D eigenvalue weighted by Crippen LogP contribution is 2.29. The molecule has 0 aliphatic carbocycles. The van der Waals surface area contributed by atoms with Gasteiger partial charge in [0.15, 0.2) is 0 Å². The van der Waals surface area contributed by atoms with Gasteiger partial charge in [-0.25, -0.2) is 4.98 Å². The van der Waals surface area contributed by atoms with Crippen LogP contribution in [0.3, 0.4) is 0 Å². The average molecular weight is 323 g/mol. The fourth-order valence-electron chi connectivity index (χ4n) is 3.27. The summed E-state index contributed by atoms with van der Waals surface area (Å²) in [5, 5.41) is 1.10. The van der Waals surface area contributed by atoms with Gasteiger partial charge in [0.25, 0.3) is 0 Å². The summed E-state index contributed by atoms with van der Waals surface area (Å²) in [5.41, 5.74) is 1.99. The van der Waals surface area contributed by atoms with E-state index in [0.29, 0.717) is 5.92 Å². The normalized spacial score (nSPS) is 15.8. The van der Waals surface area contributed by atoms with E-state index in [1.54, 1.807) is 12.5 Å². The van der Waals surface area contributed by atoms with Gasteiger partial charge in [0.2, 0.25) is 0 Å². The minimum atomic E-state index is 0.581. The number of aryl methyl sites for hydroxylation is 1. The lowest BCUT2D eigenvalue weighted by molar-refractivity contribution is 0.221. The van der Waals surface area contributed by atoms with E-state index in [4.69, 9.17) is 9.15 Å². The highest BCUT2D eigenvalue weighted by Gasteiger charge is 2.22. The van der Waals surface area contributed by atoms with E-state index in [-0.39, 0.29) is 0 Å². The van der Waals surface area contributed by atoms with Gasteiger partial charge < -0.3 is 14.1 Å². The standard InChI is InChI=1S/C19H21N3O2/c1-14-12-20-7-2-17(14)24-13-15-4-9-22(10-5-15)19-16-6-11-23-18(16)3-8-21-19/h2-3,6-8,11-12,15H,4-5,9-10,13H2,1H3. The van der Waals surface area contributed by atoms with Crippen LogP contribution >= 0.6 is 0 Å². The van der Waals surface area contributed by atoms with Crippen molar-refractivity contribution in [1.82, 2.24) is 9.97 Å². The molecular formula is C19H21N3O2. The minimum Gasteiger partial charge on any atom is -0.493 e. The summed E-state index contributed by atoms with van der Waals surface area (Å²) >= 11 is 0. The number of rotatable bonds is 4. The number of furan rings is 1. The Hall–Kier alpha value is -2.56. The molecule has 4 heterocycles. The maximum Gasteiger partial charge on any atom is 0.139 e. The van der Waals surface area contributed by atoms with E-state index in [9.17, 15) is 0 Å². The topological polar surface area (TPSA) is 51.4 Å². The molecule has 24 heavy (non-hydrogen) atoms. The van der Waals surface area contributed by atoms with Crippen LogP contribution in [0.15, 0.2) is 47.5 Å². The molecule has 0 saturated carbocycles. The Bertz CT molecular complexity index is 822. The van der Waals surface area contributed by atoms with E-state index < -0.39 is 0 Å². The lowest BCUT2D eigenvalue weighted by atomic mass is 9.97. The molecule has 0 amide bonds. The predicted molar refractivity (Wildman–Crippen MR) is 93.4 cm³/mol.